The van der Waals surface area contributed by atoms with Gasteiger partial charge in [-0.15, -0.1) is 0 Å². The summed E-state index contributed by atoms with van der Waals surface area (Å²) >= 11 is 6.17. The van der Waals surface area contributed by atoms with E-state index in [2.05, 4.69) is 15.4 Å². The van der Waals surface area contributed by atoms with E-state index in [1.54, 1.807) is 29.9 Å². The summed E-state index contributed by atoms with van der Waals surface area (Å²) in [5, 5.41) is 7.28. The van der Waals surface area contributed by atoms with E-state index >= 15 is 0 Å². The second-order valence-electron chi connectivity index (χ2n) is 5.18. The maximum absolute atomic E-state index is 12.4. The Morgan fingerprint density at radius 2 is 2.04 bits per heavy atom. The summed E-state index contributed by atoms with van der Waals surface area (Å²) < 4.78 is 2.91. The molecule has 3 aromatic rings. The summed E-state index contributed by atoms with van der Waals surface area (Å²) in [5.74, 6) is -0.561. The molecule has 0 atom stereocenters. The van der Waals surface area contributed by atoms with Crippen molar-refractivity contribution in [3.05, 3.63) is 69.5 Å². The highest BCUT2D eigenvalue weighted by molar-refractivity contribution is 6.32. The van der Waals surface area contributed by atoms with E-state index in [0.717, 1.165) is 5.69 Å². The molecule has 0 saturated heterocycles. The lowest BCUT2D eigenvalue weighted by Gasteiger charge is -2.06. The molecule has 0 aliphatic heterocycles. The van der Waals surface area contributed by atoms with Gasteiger partial charge in [0.1, 0.15) is 0 Å². The van der Waals surface area contributed by atoms with Crippen molar-refractivity contribution in [3.63, 3.8) is 0 Å². The zero-order valence-electron chi connectivity index (χ0n) is 13.0. The number of carbonyl (C=O) groups is 1. The minimum Gasteiger partial charge on any atom is -0.314 e. The van der Waals surface area contributed by atoms with E-state index in [-0.39, 0.29) is 11.5 Å². The van der Waals surface area contributed by atoms with Gasteiger partial charge < -0.3 is 9.88 Å². The van der Waals surface area contributed by atoms with Crippen LogP contribution in [0.4, 0.5) is 5.82 Å². The Bertz CT molecular complexity index is 977. The number of nitrogens with one attached hydrogen (secondary N) is 1. The fourth-order valence-electron chi connectivity index (χ4n) is 2.21. The van der Waals surface area contributed by atoms with Gasteiger partial charge in [0.25, 0.3) is 11.5 Å². The summed E-state index contributed by atoms with van der Waals surface area (Å²) in [5.41, 5.74) is 1.18. The molecule has 3 rings (SSSR count). The van der Waals surface area contributed by atoms with Gasteiger partial charge in [-0.3, -0.25) is 9.59 Å². The Balaban J connectivity index is 1.92. The van der Waals surface area contributed by atoms with E-state index in [1.807, 2.05) is 19.1 Å². The molecule has 0 spiro atoms. The molecule has 0 bridgehead atoms. The average molecular weight is 344 g/mol. The first kappa shape index (κ1) is 15.9. The lowest BCUT2D eigenvalue weighted by molar-refractivity contribution is 0.102. The molecule has 0 aliphatic rings. The van der Waals surface area contributed by atoms with Gasteiger partial charge in [-0.05, 0) is 25.1 Å². The summed E-state index contributed by atoms with van der Waals surface area (Å²) in [7, 11) is 1.58. The number of carbonyl (C=O) groups excluding carboxylic acids is 1. The maximum Gasteiger partial charge on any atom is 0.293 e. The first-order chi connectivity index (χ1) is 11.5. The van der Waals surface area contributed by atoms with Gasteiger partial charge in [-0.1, -0.05) is 23.7 Å². The number of amides is 1. The van der Waals surface area contributed by atoms with Crippen LogP contribution in [-0.2, 0) is 7.05 Å². The van der Waals surface area contributed by atoms with E-state index in [1.165, 1.54) is 17.0 Å². The highest BCUT2D eigenvalue weighted by Gasteiger charge is 2.16. The number of anilines is 1. The van der Waals surface area contributed by atoms with E-state index in [4.69, 9.17) is 11.6 Å². The molecule has 24 heavy (non-hydrogen) atoms. The highest BCUT2D eigenvalue weighted by Crippen LogP contribution is 2.21. The van der Waals surface area contributed by atoms with E-state index in [0.29, 0.717) is 10.7 Å². The van der Waals surface area contributed by atoms with Gasteiger partial charge >= 0.3 is 0 Å². The second-order valence-corrected chi connectivity index (χ2v) is 5.59. The number of hydrogen-bond acceptors (Lipinski definition) is 4. The van der Waals surface area contributed by atoms with Crippen LogP contribution >= 0.6 is 11.6 Å². The van der Waals surface area contributed by atoms with E-state index < -0.39 is 11.5 Å². The first-order valence-electron chi connectivity index (χ1n) is 7.12. The van der Waals surface area contributed by atoms with Crippen LogP contribution in [0.25, 0.3) is 5.69 Å². The topological polar surface area (TPSA) is 81.8 Å². The molecule has 2 heterocycles. The monoisotopic (exact) mass is 343 g/mol. The first-order valence-corrected chi connectivity index (χ1v) is 7.49. The van der Waals surface area contributed by atoms with Crippen LogP contribution in [0.3, 0.4) is 0 Å². The fraction of sp³-hybridized carbons (Fsp3) is 0.125. The van der Waals surface area contributed by atoms with Crippen LogP contribution in [0.15, 0.2) is 47.5 Å². The van der Waals surface area contributed by atoms with Crippen molar-refractivity contribution in [2.75, 3.05) is 5.32 Å². The number of nitrogens with zero attached hydrogens (tertiary/aromatic N) is 4. The Kier molecular flexibility index (Phi) is 4.18. The third-order valence-electron chi connectivity index (χ3n) is 3.45. The molecule has 0 saturated carbocycles. The highest BCUT2D eigenvalue weighted by atomic mass is 35.5. The molecule has 1 amide bonds. The second kappa shape index (κ2) is 6.29. The number of aromatic nitrogens is 4. The number of halogens is 1. The number of aryl methyl sites for hydroxylation is 2. The molecular formula is C16H14ClN5O2. The van der Waals surface area contributed by atoms with Crippen LogP contribution in [0.1, 0.15) is 16.2 Å². The Hall–Kier alpha value is -2.93. The van der Waals surface area contributed by atoms with Crippen LogP contribution in [0, 0.1) is 6.92 Å². The lowest BCUT2D eigenvalue weighted by atomic mass is 10.3. The van der Waals surface area contributed by atoms with Crippen LogP contribution in [0.2, 0.25) is 5.02 Å². The van der Waals surface area contributed by atoms with Crippen molar-refractivity contribution in [1.29, 1.82) is 0 Å². The predicted octanol–water partition coefficient (Wildman–Crippen LogP) is 2.18. The molecule has 8 heteroatoms. The molecule has 7 nitrogen and oxygen atoms in total. The Labute approximate surface area is 142 Å². The van der Waals surface area contributed by atoms with Crippen LogP contribution in [0.5, 0.6) is 0 Å². The maximum atomic E-state index is 12.4. The van der Waals surface area contributed by atoms with Crippen molar-refractivity contribution in [3.8, 4) is 5.69 Å². The van der Waals surface area contributed by atoms with Crippen molar-refractivity contribution >= 4 is 23.3 Å². The normalized spacial score (nSPS) is 10.6. The zero-order valence-corrected chi connectivity index (χ0v) is 13.8. The number of hydrogen-bond donors (Lipinski definition) is 1. The molecule has 0 fully saturated rings. The molecule has 2 aromatic heterocycles. The summed E-state index contributed by atoms with van der Waals surface area (Å²) in [6.45, 7) is 1.81. The van der Waals surface area contributed by atoms with Crippen molar-refractivity contribution in [1.82, 2.24) is 19.3 Å². The molecule has 122 valence electrons. The quantitative estimate of drug-likeness (QED) is 0.790. The van der Waals surface area contributed by atoms with Gasteiger partial charge in [0.05, 0.1) is 10.7 Å². The zero-order chi connectivity index (χ0) is 17.3. The SMILES string of the molecule is Cc1cc(C(=O)Nc2nccn(C)c2=O)nn1-c1ccccc1Cl. The summed E-state index contributed by atoms with van der Waals surface area (Å²) in [6.07, 6.45) is 2.94. The minimum atomic E-state index is -0.514. The minimum absolute atomic E-state index is 0.0463. The largest absolute Gasteiger partial charge is 0.314 e. The van der Waals surface area contributed by atoms with Gasteiger partial charge in [0.2, 0.25) is 0 Å². The molecule has 0 radical (unpaired) electrons. The van der Waals surface area contributed by atoms with Crippen molar-refractivity contribution in [2.24, 2.45) is 7.05 Å². The Morgan fingerprint density at radius 3 is 2.79 bits per heavy atom. The number of rotatable bonds is 3. The van der Waals surface area contributed by atoms with Gasteiger partial charge in [-0.25, -0.2) is 9.67 Å². The lowest BCUT2D eigenvalue weighted by Crippen LogP contribution is -2.25. The molecule has 0 unspecified atom stereocenters. The molecule has 1 N–H and O–H groups in total. The molecule has 0 aliphatic carbocycles. The standard InChI is InChI=1S/C16H14ClN5O2/c1-10-9-12(20-22(10)13-6-4-3-5-11(13)17)15(23)19-14-16(24)21(2)8-7-18-14/h3-9H,1-2H3,(H,18,19,23). The van der Waals surface area contributed by atoms with Crippen molar-refractivity contribution < 1.29 is 4.79 Å². The van der Waals surface area contributed by atoms with Gasteiger partial charge in [0.15, 0.2) is 11.5 Å². The van der Waals surface area contributed by atoms with Crippen molar-refractivity contribution in [2.45, 2.75) is 6.92 Å². The fourth-order valence-corrected chi connectivity index (χ4v) is 2.42. The average Bonchev–Trinajstić information content (AvgIpc) is 2.94. The van der Waals surface area contributed by atoms with Crippen LogP contribution in [-0.4, -0.2) is 25.2 Å². The van der Waals surface area contributed by atoms with Gasteiger partial charge in [-0.2, -0.15) is 5.10 Å². The van der Waals surface area contributed by atoms with Gasteiger partial charge in [0, 0.05) is 25.1 Å². The number of para-hydroxylation sites is 1. The van der Waals surface area contributed by atoms with E-state index in [9.17, 15) is 9.59 Å². The third-order valence-corrected chi connectivity index (χ3v) is 3.77. The smallest absolute Gasteiger partial charge is 0.293 e. The Morgan fingerprint density at radius 1 is 1.29 bits per heavy atom. The molecular weight excluding hydrogens is 330 g/mol. The predicted molar refractivity (Wildman–Crippen MR) is 90.7 cm³/mol. The summed E-state index contributed by atoms with van der Waals surface area (Å²) in [6, 6.07) is 8.81. The summed E-state index contributed by atoms with van der Waals surface area (Å²) in [4.78, 5) is 28.2. The van der Waals surface area contributed by atoms with Crippen LogP contribution < -0.4 is 10.9 Å². The third kappa shape index (κ3) is 2.93. The number of benzene rings is 1. The molecule has 1 aromatic carbocycles.